The molecule has 0 aliphatic heterocycles. The molecule has 0 spiro atoms. The van der Waals surface area contributed by atoms with E-state index in [1.165, 1.54) is 0 Å². The maximum atomic E-state index is 10.5. The lowest BCUT2D eigenvalue weighted by Gasteiger charge is -2.14. The Bertz CT molecular complexity index is 2790. The lowest BCUT2D eigenvalue weighted by molar-refractivity contribution is 1.17. The summed E-state index contributed by atoms with van der Waals surface area (Å²) in [6.07, 6.45) is 0. The first-order chi connectivity index (χ1) is 23.7. The van der Waals surface area contributed by atoms with Crippen LogP contribution in [0.4, 0.5) is 0 Å². The third-order valence-corrected chi connectivity index (χ3v) is 9.35. The Hall–Kier alpha value is -6.88. The average molecular weight is 611 g/mol. The number of nitriles is 2. The van der Waals surface area contributed by atoms with E-state index in [4.69, 9.17) is 0 Å². The lowest BCUT2D eigenvalue weighted by atomic mass is 9.95. The smallest absolute Gasteiger partial charge is 0.101 e. The van der Waals surface area contributed by atoms with Crippen molar-refractivity contribution in [3.8, 4) is 45.8 Å². The number of nitrogens with zero attached hydrogens (tertiary/aromatic N) is 4. The molecule has 2 heterocycles. The number of benzene rings is 7. The Kier molecular flexibility index (Phi) is 6.22. The van der Waals surface area contributed by atoms with Gasteiger partial charge < -0.3 is 9.13 Å². The van der Waals surface area contributed by atoms with Crippen LogP contribution in [0.1, 0.15) is 11.1 Å². The molecule has 0 atom stereocenters. The first kappa shape index (κ1) is 27.4. The van der Waals surface area contributed by atoms with E-state index in [-0.39, 0.29) is 0 Å². The van der Waals surface area contributed by atoms with Gasteiger partial charge in [0.25, 0.3) is 0 Å². The van der Waals surface area contributed by atoms with E-state index in [0.29, 0.717) is 11.1 Å². The number of hydrogen-bond acceptors (Lipinski definition) is 2. The fourth-order valence-electron chi connectivity index (χ4n) is 7.26. The normalized spacial score (nSPS) is 11.3. The molecule has 9 aromatic rings. The van der Waals surface area contributed by atoms with E-state index in [1.807, 2.05) is 48.5 Å². The van der Waals surface area contributed by atoms with Crippen LogP contribution in [0.25, 0.3) is 77.2 Å². The van der Waals surface area contributed by atoms with Gasteiger partial charge in [-0.25, -0.2) is 0 Å². The number of rotatable bonds is 4. The minimum atomic E-state index is 0.574. The summed E-state index contributed by atoms with van der Waals surface area (Å²) in [5.41, 5.74) is 11.2. The molecule has 0 amide bonds. The van der Waals surface area contributed by atoms with Crippen LogP contribution in [0, 0.1) is 22.7 Å². The number of aromatic nitrogens is 2. The highest BCUT2D eigenvalue weighted by molar-refractivity contribution is 6.26. The Morgan fingerprint density at radius 3 is 1.79 bits per heavy atom. The van der Waals surface area contributed by atoms with Crippen molar-refractivity contribution in [2.45, 2.75) is 0 Å². The molecule has 0 radical (unpaired) electrons. The zero-order chi connectivity index (χ0) is 32.2. The van der Waals surface area contributed by atoms with Crippen LogP contribution < -0.4 is 0 Å². The first-order valence-electron chi connectivity index (χ1n) is 15.9. The molecule has 0 fully saturated rings. The number of para-hydroxylation sites is 3. The molecule has 0 N–H and O–H groups in total. The van der Waals surface area contributed by atoms with Gasteiger partial charge in [-0.1, -0.05) is 97.1 Å². The van der Waals surface area contributed by atoms with Gasteiger partial charge in [0.1, 0.15) is 6.07 Å². The monoisotopic (exact) mass is 610 g/mol. The fraction of sp³-hybridized carbons (Fsp3) is 0. The predicted molar refractivity (Wildman–Crippen MR) is 195 cm³/mol. The van der Waals surface area contributed by atoms with E-state index < -0.39 is 0 Å². The van der Waals surface area contributed by atoms with E-state index in [0.717, 1.165) is 77.2 Å². The summed E-state index contributed by atoms with van der Waals surface area (Å²) >= 11 is 0. The molecule has 4 nitrogen and oxygen atoms in total. The second-order valence-electron chi connectivity index (χ2n) is 12.0. The Morgan fingerprint density at radius 1 is 0.417 bits per heavy atom. The zero-order valence-corrected chi connectivity index (χ0v) is 25.8. The van der Waals surface area contributed by atoms with Crippen LogP contribution in [-0.4, -0.2) is 9.13 Å². The van der Waals surface area contributed by atoms with E-state index >= 15 is 0 Å². The zero-order valence-electron chi connectivity index (χ0n) is 25.8. The van der Waals surface area contributed by atoms with Gasteiger partial charge in [-0.3, -0.25) is 0 Å². The Balaban J connectivity index is 1.39. The molecule has 222 valence electrons. The summed E-state index contributed by atoms with van der Waals surface area (Å²) in [5, 5.41) is 25.0. The van der Waals surface area contributed by atoms with Gasteiger partial charge in [0.2, 0.25) is 0 Å². The summed E-state index contributed by atoms with van der Waals surface area (Å²) in [7, 11) is 0. The van der Waals surface area contributed by atoms with Crippen molar-refractivity contribution < 1.29 is 0 Å². The number of fused-ring (bicyclic) bond motifs is 7. The summed E-state index contributed by atoms with van der Waals surface area (Å²) < 4.78 is 4.59. The van der Waals surface area contributed by atoms with Gasteiger partial charge in [-0.15, -0.1) is 0 Å². The average Bonchev–Trinajstić information content (AvgIpc) is 3.68. The molecular formula is C44H26N4. The Morgan fingerprint density at radius 2 is 1.06 bits per heavy atom. The molecule has 7 aromatic carbocycles. The maximum absolute atomic E-state index is 10.5. The quantitative estimate of drug-likeness (QED) is 0.199. The molecule has 48 heavy (non-hydrogen) atoms. The van der Waals surface area contributed by atoms with Crippen LogP contribution in [0.5, 0.6) is 0 Å². The van der Waals surface area contributed by atoms with Crippen LogP contribution in [0.15, 0.2) is 158 Å². The van der Waals surface area contributed by atoms with Crippen molar-refractivity contribution >= 4 is 43.6 Å². The van der Waals surface area contributed by atoms with Gasteiger partial charge in [0, 0.05) is 27.2 Å². The van der Waals surface area contributed by atoms with Crippen LogP contribution in [0.2, 0.25) is 0 Å². The van der Waals surface area contributed by atoms with Crippen molar-refractivity contribution in [2.75, 3.05) is 0 Å². The molecule has 0 aliphatic carbocycles. The minimum absolute atomic E-state index is 0.574. The van der Waals surface area contributed by atoms with E-state index in [2.05, 4.69) is 130 Å². The van der Waals surface area contributed by atoms with Crippen molar-refractivity contribution in [3.05, 3.63) is 169 Å². The van der Waals surface area contributed by atoms with Crippen molar-refractivity contribution in [2.24, 2.45) is 0 Å². The van der Waals surface area contributed by atoms with Crippen LogP contribution in [-0.2, 0) is 0 Å². The molecule has 0 saturated heterocycles. The molecule has 2 aromatic heterocycles. The summed E-state index contributed by atoms with van der Waals surface area (Å²) in [6, 6.07) is 58.8. The lowest BCUT2D eigenvalue weighted by Crippen LogP contribution is -1.99. The molecule has 0 saturated carbocycles. The predicted octanol–water partition coefficient (Wildman–Crippen LogP) is 11.0. The standard InChI is InChI=1S/C44H26N4/c45-27-29-23-33(30-11-3-1-4-12-30)25-34(24-29)31-19-20-32(28-46)42(26-31)48-39-17-9-7-15-36(39)37-21-22-41-43(44(37)48)38-16-8-10-18-40(38)47(41)35-13-5-2-6-14-35/h1-26H. The highest BCUT2D eigenvalue weighted by atomic mass is 15.0. The number of hydrogen-bond donors (Lipinski definition) is 0. The van der Waals surface area contributed by atoms with Crippen molar-refractivity contribution in [3.63, 3.8) is 0 Å². The SMILES string of the molecule is N#Cc1cc(-c2ccccc2)cc(-c2ccc(C#N)c(-n3c4ccccc4c4ccc5c(c6ccccc6n5-c5ccccc5)c43)c2)c1. The summed E-state index contributed by atoms with van der Waals surface area (Å²) in [4.78, 5) is 0. The second kappa shape index (κ2) is 10.9. The molecule has 0 unspecified atom stereocenters. The highest BCUT2D eigenvalue weighted by Crippen LogP contribution is 2.43. The molecule has 4 heteroatoms. The first-order valence-corrected chi connectivity index (χ1v) is 15.9. The molecule has 9 rings (SSSR count). The van der Waals surface area contributed by atoms with Gasteiger partial charge in [-0.05, 0) is 82.9 Å². The third-order valence-electron chi connectivity index (χ3n) is 9.35. The maximum Gasteiger partial charge on any atom is 0.101 e. The Labute approximate surface area is 277 Å². The van der Waals surface area contributed by atoms with Crippen molar-refractivity contribution in [1.82, 2.24) is 9.13 Å². The van der Waals surface area contributed by atoms with Gasteiger partial charge >= 0.3 is 0 Å². The molecule has 0 aliphatic rings. The largest absolute Gasteiger partial charge is 0.309 e. The summed E-state index contributed by atoms with van der Waals surface area (Å²) in [6.45, 7) is 0. The minimum Gasteiger partial charge on any atom is -0.309 e. The van der Waals surface area contributed by atoms with Gasteiger partial charge in [0.05, 0.1) is 45.0 Å². The van der Waals surface area contributed by atoms with Crippen molar-refractivity contribution in [1.29, 1.82) is 10.5 Å². The topological polar surface area (TPSA) is 57.4 Å². The van der Waals surface area contributed by atoms with Crippen LogP contribution in [0.3, 0.4) is 0 Å². The third kappa shape index (κ3) is 4.14. The van der Waals surface area contributed by atoms with Crippen LogP contribution >= 0.6 is 0 Å². The van der Waals surface area contributed by atoms with Gasteiger partial charge in [-0.2, -0.15) is 10.5 Å². The fourth-order valence-corrected chi connectivity index (χ4v) is 7.26. The summed E-state index contributed by atoms with van der Waals surface area (Å²) in [5.74, 6) is 0. The van der Waals surface area contributed by atoms with E-state index in [1.54, 1.807) is 0 Å². The highest BCUT2D eigenvalue weighted by Gasteiger charge is 2.22. The molecule has 0 bridgehead atoms. The van der Waals surface area contributed by atoms with E-state index in [9.17, 15) is 10.5 Å². The second-order valence-corrected chi connectivity index (χ2v) is 12.0. The van der Waals surface area contributed by atoms with Gasteiger partial charge in [0.15, 0.2) is 0 Å². The molecular weight excluding hydrogens is 585 g/mol.